The van der Waals surface area contributed by atoms with Crippen LogP contribution in [0.25, 0.3) is 32.9 Å². The summed E-state index contributed by atoms with van der Waals surface area (Å²) >= 11 is 0. The van der Waals surface area contributed by atoms with Gasteiger partial charge in [0.25, 0.3) is 17.8 Å². The maximum absolute atomic E-state index is 6.46. The lowest BCUT2D eigenvalue weighted by Gasteiger charge is -2.25. The highest BCUT2D eigenvalue weighted by Gasteiger charge is 2.39. The molecule has 0 amide bonds. The van der Waals surface area contributed by atoms with Crippen molar-refractivity contribution in [3.63, 3.8) is 0 Å². The fourth-order valence-corrected chi connectivity index (χ4v) is 10.1. The highest BCUT2D eigenvalue weighted by molar-refractivity contribution is 8.01. The third-order valence-corrected chi connectivity index (χ3v) is 12.0. The van der Waals surface area contributed by atoms with Crippen LogP contribution in [0.15, 0.2) is 179 Å². The third-order valence-electron chi connectivity index (χ3n) is 9.61. The molecule has 6 nitrogen and oxygen atoms in total. The van der Waals surface area contributed by atoms with Gasteiger partial charge in [-0.1, -0.05) is 60.7 Å². The molecule has 0 saturated heterocycles. The summed E-state index contributed by atoms with van der Waals surface area (Å²) in [6.07, 6.45) is 11.5. The molecule has 3 aromatic heterocycles. The fourth-order valence-electron chi connectivity index (χ4n) is 7.14. The van der Waals surface area contributed by atoms with Crippen LogP contribution in [0.3, 0.4) is 0 Å². The van der Waals surface area contributed by atoms with Crippen LogP contribution in [0.2, 0.25) is 0 Å². The first-order valence-corrected chi connectivity index (χ1v) is 19.7. The molecule has 0 aliphatic heterocycles. The molecule has 3 heterocycles. The van der Waals surface area contributed by atoms with Gasteiger partial charge in [-0.05, 0) is 106 Å². The van der Waals surface area contributed by atoms with Gasteiger partial charge in [0.15, 0.2) is 15.1 Å². The zero-order valence-electron chi connectivity index (χ0n) is 31.8. The van der Waals surface area contributed by atoms with E-state index in [0.29, 0.717) is 17.8 Å². The third kappa shape index (κ3) is 7.66. The first-order chi connectivity index (χ1) is 26.7. The number of hydrogen-bond donors (Lipinski definition) is 0. The normalized spacial score (nSPS) is 16.0. The number of allylic oxidation sites excluding steroid dienone is 6. The average molecular weight is 748 g/mol. The van der Waals surface area contributed by atoms with Crippen LogP contribution in [-0.4, -0.2) is 5.25 Å². The van der Waals surface area contributed by atoms with Gasteiger partial charge in [-0.2, -0.15) is 0 Å². The van der Waals surface area contributed by atoms with Gasteiger partial charge in [0, 0.05) is 52.9 Å². The zero-order valence-corrected chi connectivity index (χ0v) is 32.7. The van der Waals surface area contributed by atoms with Crippen LogP contribution in [0.1, 0.15) is 45.2 Å². The molecule has 2 unspecified atom stereocenters. The highest BCUT2D eigenvalue weighted by Crippen LogP contribution is 2.42. The molecule has 1 aliphatic rings. The average Bonchev–Trinajstić information content (AvgIpc) is 3.90. The Morgan fingerprint density at radius 3 is 1.76 bits per heavy atom. The molecule has 0 radical (unpaired) electrons. The number of benzene rings is 4. The molecule has 0 saturated carbocycles. The first kappa shape index (κ1) is 36.0. The number of rotatable bonds is 11. The molecule has 7 aromatic rings. The lowest BCUT2D eigenvalue weighted by Crippen LogP contribution is -2.26. The number of ether oxygens (including phenoxy) is 3. The van der Waals surface area contributed by atoms with E-state index >= 15 is 0 Å². The number of furan rings is 3. The van der Waals surface area contributed by atoms with Crippen LogP contribution >= 0.6 is 0 Å². The molecule has 0 spiro atoms. The summed E-state index contributed by atoms with van der Waals surface area (Å²) in [6, 6.07) is 34.1. The van der Waals surface area contributed by atoms with E-state index in [1.807, 2.05) is 91.0 Å². The van der Waals surface area contributed by atoms with Gasteiger partial charge in [0.2, 0.25) is 0 Å². The van der Waals surface area contributed by atoms with E-state index < -0.39 is 10.9 Å². The molecular weight excluding hydrogens is 705 g/mol. The largest absolute Gasteiger partial charge is 0.434 e. The molecule has 55 heavy (non-hydrogen) atoms. The van der Waals surface area contributed by atoms with E-state index in [1.165, 1.54) is 15.4 Å². The van der Waals surface area contributed by atoms with Crippen LogP contribution in [0, 0.1) is 13.8 Å². The second kappa shape index (κ2) is 15.4. The molecule has 4 aromatic carbocycles. The summed E-state index contributed by atoms with van der Waals surface area (Å²) in [5.74, 6) is 3.07. The van der Waals surface area contributed by atoms with Crippen molar-refractivity contribution in [2.45, 2.75) is 58.1 Å². The first-order valence-electron chi connectivity index (χ1n) is 18.4. The Balaban J connectivity index is 1.15. The standard InChI is InChI=1S/C48H43O6S/c1-7-14-38(21-30(2)29-49-44-26-35-15-8-11-18-41(35)50-44)55(39-22-31(3)47(32(4)23-39)53-45-27-36-16-9-12-19-42(36)51-45)40-24-33(5)48(34(6)25-40)54-46-28-37-17-10-13-20-43(37)52-46/h7-24,26-29,40H,25H2,1-6H3/q+1/b14-7+,30-29+,38-21+. The second-order valence-electron chi connectivity index (χ2n) is 14.0. The van der Waals surface area contributed by atoms with E-state index in [2.05, 4.69) is 78.0 Å². The van der Waals surface area contributed by atoms with Gasteiger partial charge in [-0.3, -0.25) is 0 Å². The van der Waals surface area contributed by atoms with Crippen molar-refractivity contribution in [1.82, 2.24) is 0 Å². The van der Waals surface area contributed by atoms with Crippen LogP contribution in [0.4, 0.5) is 0 Å². The van der Waals surface area contributed by atoms with E-state index in [1.54, 1.807) is 6.26 Å². The van der Waals surface area contributed by atoms with Gasteiger partial charge in [-0.25, -0.2) is 0 Å². The second-order valence-corrected chi connectivity index (χ2v) is 16.2. The van der Waals surface area contributed by atoms with Crippen molar-refractivity contribution >= 4 is 43.8 Å². The predicted molar refractivity (Wildman–Crippen MR) is 223 cm³/mol. The summed E-state index contributed by atoms with van der Waals surface area (Å²) < 4.78 is 37.0. The lowest BCUT2D eigenvalue weighted by atomic mass is 9.99. The quantitative estimate of drug-likeness (QED) is 0.0746. The number of aryl methyl sites for hydroxylation is 2. The minimum Gasteiger partial charge on any atom is -0.434 e. The molecule has 1 aliphatic carbocycles. The van der Waals surface area contributed by atoms with Crippen LogP contribution in [-0.2, 0) is 10.9 Å². The summed E-state index contributed by atoms with van der Waals surface area (Å²) in [6.45, 7) is 12.6. The number of para-hydroxylation sites is 3. The van der Waals surface area contributed by atoms with Crippen molar-refractivity contribution < 1.29 is 27.5 Å². The summed E-state index contributed by atoms with van der Waals surface area (Å²) in [7, 11) is -0.410. The van der Waals surface area contributed by atoms with Gasteiger partial charge in [0.05, 0.1) is 17.2 Å². The van der Waals surface area contributed by atoms with Gasteiger partial charge < -0.3 is 27.5 Å². The predicted octanol–water partition coefficient (Wildman–Crippen LogP) is 13.8. The van der Waals surface area contributed by atoms with Crippen LogP contribution < -0.4 is 14.2 Å². The fraction of sp³-hybridized carbons (Fsp3) is 0.167. The lowest BCUT2D eigenvalue weighted by molar-refractivity contribution is 0.326. The monoisotopic (exact) mass is 747 g/mol. The molecular formula is C48H43O6S+. The topological polar surface area (TPSA) is 67.1 Å². The van der Waals surface area contributed by atoms with E-state index in [4.69, 9.17) is 27.5 Å². The minimum atomic E-state index is -0.410. The maximum Gasteiger partial charge on any atom is 0.291 e. The molecule has 276 valence electrons. The number of fused-ring (bicyclic) bond motifs is 3. The summed E-state index contributed by atoms with van der Waals surface area (Å²) in [5.41, 5.74) is 7.66. The summed E-state index contributed by atoms with van der Waals surface area (Å²) in [5, 5.41) is 3.17. The Labute approximate surface area is 324 Å². The Morgan fingerprint density at radius 2 is 1.22 bits per heavy atom. The van der Waals surface area contributed by atoms with E-state index in [-0.39, 0.29) is 5.25 Å². The van der Waals surface area contributed by atoms with Crippen molar-refractivity contribution in [3.8, 4) is 23.6 Å². The van der Waals surface area contributed by atoms with Gasteiger partial charge in [0.1, 0.15) is 28.3 Å². The van der Waals surface area contributed by atoms with E-state index in [0.717, 1.165) is 73.1 Å². The van der Waals surface area contributed by atoms with Gasteiger partial charge in [-0.15, -0.1) is 0 Å². The maximum atomic E-state index is 6.46. The molecule has 0 fully saturated rings. The zero-order chi connectivity index (χ0) is 38.1. The van der Waals surface area contributed by atoms with E-state index in [9.17, 15) is 0 Å². The molecule has 0 N–H and O–H groups in total. The Hall–Kier alpha value is -6.05. The van der Waals surface area contributed by atoms with Crippen molar-refractivity contribution in [3.05, 3.63) is 172 Å². The molecule has 8 rings (SSSR count). The SMILES string of the molecule is C/C=C/C(=C\C(C)=C\Oc1cc2ccccc2o1)[S+](c1cc(C)c(Oc2cc3ccccc3o2)c(C)c1)C1C=C(C)C(Oc2cc3ccccc3o2)=C(C)C1. The van der Waals surface area contributed by atoms with Crippen molar-refractivity contribution in [2.75, 3.05) is 0 Å². The van der Waals surface area contributed by atoms with Crippen molar-refractivity contribution in [2.24, 2.45) is 0 Å². The Morgan fingerprint density at radius 1 is 0.691 bits per heavy atom. The Bertz CT molecular complexity index is 2570. The van der Waals surface area contributed by atoms with Crippen molar-refractivity contribution in [1.29, 1.82) is 0 Å². The molecule has 7 heteroatoms. The number of hydrogen-bond acceptors (Lipinski definition) is 6. The van der Waals surface area contributed by atoms with Crippen LogP contribution in [0.5, 0.6) is 23.6 Å². The highest BCUT2D eigenvalue weighted by atomic mass is 32.2. The summed E-state index contributed by atoms with van der Waals surface area (Å²) in [4.78, 5) is 2.39. The smallest absolute Gasteiger partial charge is 0.291 e. The molecule has 2 atom stereocenters. The van der Waals surface area contributed by atoms with Gasteiger partial charge >= 0.3 is 0 Å². The molecule has 0 bridgehead atoms. The minimum absolute atomic E-state index is 0.149. The Kier molecular flexibility index (Phi) is 10.0.